The number of hydrogen-bond acceptors (Lipinski definition) is 13. The Balaban J connectivity index is 0.000000221. The molecule has 388 valence electrons. The van der Waals surface area contributed by atoms with Gasteiger partial charge in [-0.2, -0.15) is 8.42 Å². The highest BCUT2D eigenvalue weighted by Crippen LogP contribution is 2.29. The van der Waals surface area contributed by atoms with Crippen LogP contribution in [0, 0.1) is 6.92 Å². The highest BCUT2D eigenvalue weighted by Gasteiger charge is 2.27. The van der Waals surface area contributed by atoms with Crippen molar-refractivity contribution in [3.63, 3.8) is 0 Å². The topological polar surface area (TPSA) is 213 Å². The molecular weight excluding hydrogens is 964 g/mol. The minimum atomic E-state index is -3.96. The monoisotopic (exact) mass is 1030 g/mol. The summed E-state index contributed by atoms with van der Waals surface area (Å²) < 4.78 is 50.0. The van der Waals surface area contributed by atoms with E-state index in [2.05, 4.69) is 34.9 Å². The van der Waals surface area contributed by atoms with Gasteiger partial charge in [-0.05, 0) is 122 Å². The SMILES string of the molecule is COC(=O)[C@H](Cc1ccc(-c2cccc3ccccc23)cc1)NC(=O)OC(C)(C)C.COC(=O)[C@H](Cc1ccc(OS(=O)(=O)c2ccc(C)cc2)cc1)NC(=O)OC(C)(C)C.OB(O)c1cccc2ccccc12. The molecular formula is C57H63BN2O13S. The molecule has 7 aromatic carbocycles. The normalized spacial score (nSPS) is 12.0. The minimum Gasteiger partial charge on any atom is -0.467 e. The second-order valence-electron chi connectivity index (χ2n) is 19.0. The summed E-state index contributed by atoms with van der Waals surface area (Å²) in [5.74, 6) is -1.02. The van der Waals surface area contributed by atoms with Gasteiger partial charge in [-0.3, -0.25) is 0 Å². The summed E-state index contributed by atoms with van der Waals surface area (Å²) in [6.45, 7) is 12.3. The number of alkyl carbamates (subject to hydrolysis) is 2. The van der Waals surface area contributed by atoms with Crippen molar-refractivity contribution in [2.45, 2.75) is 89.5 Å². The smallest absolute Gasteiger partial charge is 0.467 e. The molecule has 4 N–H and O–H groups in total. The van der Waals surface area contributed by atoms with Crippen LogP contribution in [-0.2, 0) is 51.5 Å². The van der Waals surface area contributed by atoms with Gasteiger partial charge in [-0.15, -0.1) is 0 Å². The first-order chi connectivity index (χ1) is 34.9. The lowest BCUT2D eigenvalue weighted by Crippen LogP contribution is -2.45. The van der Waals surface area contributed by atoms with E-state index in [1.165, 1.54) is 49.3 Å². The Hall–Kier alpha value is -7.73. The zero-order valence-corrected chi connectivity index (χ0v) is 43.8. The third-order valence-electron chi connectivity index (χ3n) is 10.8. The van der Waals surface area contributed by atoms with Gasteiger partial charge in [0.05, 0.1) is 14.2 Å². The summed E-state index contributed by atoms with van der Waals surface area (Å²) in [4.78, 5) is 48.4. The van der Waals surface area contributed by atoms with E-state index in [0.29, 0.717) is 17.4 Å². The van der Waals surface area contributed by atoms with Crippen LogP contribution in [0.4, 0.5) is 9.59 Å². The molecule has 2 atom stereocenters. The van der Waals surface area contributed by atoms with Gasteiger partial charge in [-0.25, -0.2) is 19.2 Å². The molecule has 0 radical (unpaired) electrons. The maximum atomic E-state index is 12.4. The molecule has 0 heterocycles. The second-order valence-corrected chi connectivity index (χ2v) is 20.6. The maximum absolute atomic E-state index is 12.4. The fourth-order valence-corrected chi connectivity index (χ4v) is 8.31. The van der Waals surface area contributed by atoms with Gasteiger partial charge in [-0.1, -0.05) is 139 Å². The number of aryl methyl sites for hydroxylation is 1. The number of nitrogens with one attached hydrogen (secondary N) is 2. The molecule has 0 aliphatic rings. The zero-order valence-electron chi connectivity index (χ0n) is 43.0. The zero-order chi connectivity index (χ0) is 54.2. The molecule has 0 fully saturated rings. The lowest BCUT2D eigenvalue weighted by atomic mass is 9.77. The van der Waals surface area contributed by atoms with Crippen molar-refractivity contribution in [3.8, 4) is 16.9 Å². The molecule has 0 aromatic heterocycles. The van der Waals surface area contributed by atoms with Gasteiger partial charge in [0.15, 0.2) is 0 Å². The first kappa shape index (κ1) is 57.2. The van der Waals surface area contributed by atoms with Crippen LogP contribution in [0.2, 0.25) is 0 Å². The highest BCUT2D eigenvalue weighted by molar-refractivity contribution is 7.87. The van der Waals surface area contributed by atoms with Crippen molar-refractivity contribution in [1.29, 1.82) is 0 Å². The van der Waals surface area contributed by atoms with E-state index in [1.807, 2.05) is 85.8 Å². The minimum absolute atomic E-state index is 0.0505. The van der Waals surface area contributed by atoms with Crippen LogP contribution in [0.25, 0.3) is 32.7 Å². The summed E-state index contributed by atoms with van der Waals surface area (Å²) in [5, 5.41) is 27.5. The molecule has 17 heteroatoms. The summed E-state index contributed by atoms with van der Waals surface area (Å²) >= 11 is 0. The molecule has 7 rings (SSSR count). The number of carbonyl (C=O) groups excluding carboxylic acids is 4. The van der Waals surface area contributed by atoms with Gasteiger partial charge >= 0.3 is 41.4 Å². The number of fused-ring (bicyclic) bond motifs is 2. The number of rotatable bonds is 13. The molecule has 0 saturated heterocycles. The van der Waals surface area contributed by atoms with Crippen LogP contribution < -0.4 is 20.3 Å². The summed E-state index contributed by atoms with van der Waals surface area (Å²) in [5.41, 5.74) is 3.93. The Labute approximate surface area is 433 Å². The number of esters is 2. The van der Waals surface area contributed by atoms with Crippen molar-refractivity contribution in [2.75, 3.05) is 14.2 Å². The van der Waals surface area contributed by atoms with Crippen LogP contribution in [0.5, 0.6) is 5.75 Å². The van der Waals surface area contributed by atoms with Crippen molar-refractivity contribution in [2.24, 2.45) is 0 Å². The van der Waals surface area contributed by atoms with Crippen LogP contribution in [0.1, 0.15) is 58.2 Å². The average molecular weight is 1030 g/mol. The highest BCUT2D eigenvalue weighted by atomic mass is 32.2. The molecule has 0 aliphatic heterocycles. The standard InChI is InChI=1S/C25H27NO4.C22H27NO7S.C10H9BO2/c1-25(2,3)30-24(28)26-22(23(27)29-4)16-17-12-14-19(15-13-17)21-11-7-9-18-8-5-6-10-20(18)21;1-15-6-12-18(13-7-15)31(26,27)30-17-10-8-16(9-11-17)14-19(20(24)28-5)23-21(25)29-22(2,3)4;12-11(13)10-7-3-5-8-4-1-2-6-9(8)10/h5-15,22H,16H2,1-4H3,(H,26,28);6-13,19H,14H2,1-5H3,(H,23,25);1-7,12-13H/t22-;19-;/m00./s1. The Morgan fingerprint density at radius 2 is 0.986 bits per heavy atom. The molecule has 15 nitrogen and oxygen atoms in total. The number of hydrogen-bond donors (Lipinski definition) is 4. The van der Waals surface area contributed by atoms with E-state index in [9.17, 15) is 27.6 Å². The summed E-state index contributed by atoms with van der Waals surface area (Å²) in [7, 11) is -2.84. The molecule has 74 heavy (non-hydrogen) atoms. The van der Waals surface area contributed by atoms with Gasteiger partial charge in [0.2, 0.25) is 0 Å². The number of benzene rings is 7. The molecule has 0 unspecified atom stereocenters. The number of carbonyl (C=O) groups is 4. The first-order valence-electron chi connectivity index (χ1n) is 23.6. The third kappa shape index (κ3) is 17.5. The largest absolute Gasteiger partial charge is 0.489 e. The second kappa shape index (κ2) is 25.8. The Morgan fingerprint density at radius 1 is 0.554 bits per heavy atom. The van der Waals surface area contributed by atoms with Crippen molar-refractivity contribution in [3.05, 3.63) is 174 Å². The quantitative estimate of drug-likeness (QED) is 0.0368. The number of methoxy groups -OCH3 is 2. The summed E-state index contributed by atoms with van der Waals surface area (Å²) in [6, 6.07) is 46.3. The van der Waals surface area contributed by atoms with Crippen LogP contribution >= 0.6 is 0 Å². The average Bonchev–Trinajstić information content (AvgIpc) is 3.35. The van der Waals surface area contributed by atoms with E-state index in [-0.39, 0.29) is 17.1 Å². The molecule has 0 aliphatic carbocycles. The van der Waals surface area contributed by atoms with Crippen LogP contribution in [0.3, 0.4) is 0 Å². The maximum Gasteiger partial charge on any atom is 0.489 e. The van der Waals surface area contributed by atoms with Gasteiger partial charge in [0.1, 0.15) is 33.9 Å². The van der Waals surface area contributed by atoms with E-state index in [0.717, 1.165) is 33.0 Å². The number of amides is 2. The lowest BCUT2D eigenvalue weighted by molar-refractivity contribution is -0.143. The molecule has 0 spiro atoms. The van der Waals surface area contributed by atoms with E-state index in [1.54, 1.807) is 71.9 Å². The van der Waals surface area contributed by atoms with Crippen LogP contribution in [-0.4, -0.2) is 87.2 Å². The lowest BCUT2D eigenvalue weighted by Gasteiger charge is -2.22. The molecule has 0 saturated carbocycles. The predicted molar refractivity (Wildman–Crippen MR) is 286 cm³/mol. The van der Waals surface area contributed by atoms with E-state index in [4.69, 9.17) is 33.2 Å². The van der Waals surface area contributed by atoms with Gasteiger partial charge in [0, 0.05) is 12.8 Å². The van der Waals surface area contributed by atoms with Gasteiger partial charge < -0.3 is 43.8 Å². The molecule has 7 aromatic rings. The first-order valence-corrected chi connectivity index (χ1v) is 25.0. The van der Waals surface area contributed by atoms with Crippen molar-refractivity contribution in [1.82, 2.24) is 10.6 Å². The fraction of sp³-hybridized carbons (Fsp3) is 0.263. The predicted octanol–water partition coefficient (Wildman–Crippen LogP) is 9.01. The van der Waals surface area contributed by atoms with E-state index >= 15 is 0 Å². The Kier molecular flexibility index (Phi) is 19.9. The summed E-state index contributed by atoms with van der Waals surface area (Å²) in [6.07, 6.45) is -0.962. The van der Waals surface area contributed by atoms with Crippen LogP contribution in [0.15, 0.2) is 163 Å². The number of ether oxygens (including phenoxy) is 4. The Bertz CT molecular complexity index is 3110. The molecule has 2 amide bonds. The van der Waals surface area contributed by atoms with Crippen molar-refractivity contribution < 1.29 is 60.8 Å². The van der Waals surface area contributed by atoms with E-state index < -0.39 is 64.6 Å². The van der Waals surface area contributed by atoms with Gasteiger partial charge in [0.25, 0.3) is 0 Å². The Morgan fingerprint density at radius 3 is 1.46 bits per heavy atom. The third-order valence-corrected chi connectivity index (χ3v) is 12.1. The fourth-order valence-electron chi connectivity index (χ4n) is 7.38. The van der Waals surface area contributed by atoms with Crippen molar-refractivity contribution >= 4 is 68.4 Å². The molecule has 0 bridgehead atoms.